The molecule has 0 unspecified atom stereocenters. The lowest BCUT2D eigenvalue weighted by Crippen LogP contribution is -2.33. The summed E-state index contributed by atoms with van der Waals surface area (Å²) in [6.45, 7) is 2.36. The van der Waals surface area contributed by atoms with Gasteiger partial charge in [0.15, 0.2) is 0 Å². The lowest BCUT2D eigenvalue weighted by molar-refractivity contribution is 0.0948. The van der Waals surface area contributed by atoms with Gasteiger partial charge in [0.1, 0.15) is 0 Å². The monoisotopic (exact) mass is 510 g/mol. The van der Waals surface area contributed by atoms with Gasteiger partial charge in [-0.1, -0.05) is 79.0 Å². The molecule has 0 bridgehead atoms. The van der Waals surface area contributed by atoms with Crippen molar-refractivity contribution in [3.63, 3.8) is 0 Å². The van der Waals surface area contributed by atoms with E-state index in [1.807, 2.05) is 30.3 Å². The van der Waals surface area contributed by atoms with Crippen molar-refractivity contribution in [2.24, 2.45) is 0 Å². The van der Waals surface area contributed by atoms with Crippen molar-refractivity contribution in [1.29, 1.82) is 0 Å². The Morgan fingerprint density at radius 3 is 2.43 bits per heavy atom. The fraction of sp³-hybridized carbons (Fsp3) is 0.323. The number of benzene rings is 3. The molecule has 0 spiro atoms. The number of hydrogen-bond donors (Lipinski definition) is 1. The fourth-order valence-corrected chi connectivity index (χ4v) is 6.23. The Labute approximate surface area is 222 Å². The number of nitrogens with zero attached hydrogens (tertiary/aromatic N) is 3. The second-order valence-corrected chi connectivity index (χ2v) is 10.7. The maximum absolute atomic E-state index is 13.8. The molecule has 5 nitrogen and oxygen atoms in total. The Balaban J connectivity index is 1.39. The number of anilines is 1. The van der Waals surface area contributed by atoms with Crippen LogP contribution in [0.1, 0.15) is 65.7 Å². The van der Waals surface area contributed by atoms with E-state index < -0.39 is 0 Å². The standard InChI is InChI=1S/C31H31ClN4O/c32-25-14-12-24(13-15-25)31(16-3-4-17-31)28-27(21-34-30(35-28)36-18-5-6-19-36)29(37)33-20-23-10-7-9-22-8-1-2-11-26(22)23/h1-2,7-15,21H,3-6,16-20H2,(H,33,37). The van der Waals surface area contributed by atoms with Crippen molar-refractivity contribution in [3.8, 4) is 0 Å². The van der Waals surface area contributed by atoms with E-state index in [-0.39, 0.29) is 11.3 Å². The van der Waals surface area contributed by atoms with E-state index in [1.54, 1.807) is 6.20 Å². The van der Waals surface area contributed by atoms with Gasteiger partial charge >= 0.3 is 0 Å². The van der Waals surface area contributed by atoms with Crippen LogP contribution in [0.3, 0.4) is 0 Å². The van der Waals surface area contributed by atoms with Crippen molar-refractivity contribution in [2.75, 3.05) is 18.0 Å². The normalized spacial score (nSPS) is 16.8. The summed E-state index contributed by atoms with van der Waals surface area (Å²) in [5, 5.41) is 6.22. The average molecular weight is 511 g/mol. The summed E-state index contributed by atoms with van der Waals surface area (Å²) in [5.74, 6) is 0.606. The number of carbonyl (C=O) groups is 1. The van der Waals surface area contributed by atoms with Crippen molar-refractivity contribution >= 4 is 34.2 Å². The van der Waals surface area contributed by atoms with Gasteiger partial charge in [0.05, 0.1) is 11.3 Å². The smallest absolute Gasteiger partial charge is 0.255 e. The summed E-state index contributed by atoms with van der Waals surface area (Å²) in [4.78, 5) is 25.9. The van der Waals surface area contributed by atoms with Crippen LogP contribution < -0.4 is 10.2 Å². The maximum Gasteiger partial charge on any atom is 0.255 e. The lowest BCUT2D eigenvalue weighted by Gasteiger charge is -2.32. The molecule has 188 valence electrons. The van der Waals surface area contributed by atoms with Gasteiger partial charge in [0.2, 0.25) is 5.95 Å². The molecule has 1 amide bonds. The van der Waals surface area contributed by atoms with Crippen LogP contribution in [0.15, 0.2) is 72.9 Å². The first kappa shape index (κ1) is 23.9. The molecule has 2 fully saturated rings. The van der Waals surface area contributed by atoms with Gasteiger partial charge < -0.3 is 10.2 Å². The second-order valence-electron chi connectivity index (χ2n) is 10.2. The largest absolute Gasteiger partial charge is 0.348 e. The number of halogens is 1. The Morgan fingerprint density at radius 2 is 1.65 bits per heavy atom. The third kappa shape index (κ3) is 4.57. The minimum Gasteiger partial charge on any atom is -0.348 e. The van der Waals surface area contributed by atoms with Crippen LogP contribution in [0.5, 0.6) is 0 Å². The number of fused-ring (bicyclic) bond motifs is 1. The number of carbonyl (C=O) groups excluding carboxylic acids is 1. The third-order valence-electron chi connectivity index (χ3n) is 8.04. The summed E-state index contributed by atoms with van der Waals surface area (Å²) in [6, 6.07) is 22.6. The first-order valence-electron chi connectivity index (χ1n) is 13.3. The van der Waals surface area contributed by atoms with E-state index in [1.165, 1.54) is 10.9 Å². The van der Waals surface area contributed by atoms with Crippen LogP contribution >= 0.6 is 11.6 Å². The molecule has 1 saturated carbocycles. The Bertz CT molecular complexity index is 1420. The molecule has 2 heterocycles. The number of hydrogen-bond acceptors (Lipinski definition) is 4. The predicted octanol–water partition coefficient (Wildman–Crippen LogP) is 6.67. The van der Waals surface area contributed by atoms with Gasteiger partial charge in [-0.25, -0.2) is 9.97 Å². The molecule has 6 heteroatoms. The van der Waals surface area contributed by atoms with Gasteiger partial charge in [-0.2, -0.15) is 0 Å². The van der Waals surface area contributed by atoms with Gasteiger partial charge in [0.25, 0.3) is 5.91 Å². The highest BCUT2D eigenvalue weighted by molar-refractivity contribution is 6.30. The highest BCUT2D eigenvalue weighted by Gasteiger charge is 2.42. The summed E-state index contributed by atoms with van der Waals surface area (Å²) < 4.78 is 0. The maximum atomic E-state index is 13.8. The molecule has 6 rings (SSSR count). The van der Waals surface area contributed by atoms with Gasteiger partial charge in [-0.05, 0) is 59.7 Å². The van der Waals surface area contributed by atoms with E-state index in [2.05, 4.69) is 46.6 Å². The van der Waals surface area contributed by atoms with E-state index in [0.29, 0.717) is 17.1 Å². The number of nitrogens with one attached hydrogen (secondary N) is 1. The molecule has 37 heavy (non-hydrogen) atoms. The summed E-state index contributed by atoms with van der Waals surface area (Å²) in [5.41, 5.74) is 3.35. The molecular weight excluding hydrogens is 480 g/mol. The zero-order valence-corrected chi connectivity index (χ0v) is 21.7. The summed E-state index contributed by atoms with van der Waals surface area (Å²) in [6.07, 6.45) is 8.15. The fourth-order valence-electron chi connectivity index (χ4n) is 6.10. The molecule has 1 aliphatic carbocycles. The summed E-state index contributed by atoms with van der Waals surface area (Å²) in [7, 11) is 0. The van der Waals surface area contributed by atoms with E-state index in [9.17, 15) is 4.79 Å². The highest BCUT2D eigenvalue weighted by atomic mass is 35.5. The van der Waals surface area contributed by atoms with Crippen LogP contribution in [0, 0.1) is 0 Å². The van der Waals surface area contributed by atoms with Crippen LogP contribution in [0.4, 0.5) is 5.95 Å². The third-order valence-corrected chi connectivity index (χ3v) is 8.29. The SMILES string of the molecule is O=C(NCc1cccc2ccccc12)c1cnc(N2CCCC2)nc1C1(c2ccc(Cl)cc2)CCCC1. The topological polar surface area (TPSA) is 58.1 Å². The predicted molar refractivity (Wildman–Crippen MR) is 149 cm³/mol. The average Bonchev–Trinajstić information content (AvgIpc) is 3.66. The first-order valence-corrected chi connectivity index (χ1v) is 13.7. The number of rotatable bonds is 6. The molecule has 0 atom stereocenters. The summed E-state index contributed by atoms with van der Waals surface area (Å²) >= 11 is 6.25. The molecule has 0 radical (unpaired) electrons. The zero-order chi connectivity index (χ0) is 25.2. The molecule has 2 aliphatic rings. The minimum absolute atomic E-state index is 0.129. The van der Waals surface area contributed by atoms with Crippen LogP contribution in [-0.2, 0) is 12.0 Å². The molecule has 1 saturated heterocycles. The quantitative estimate of drug-likeness (QED) is 0.314. The van der Waals surface area contributed by atoms with Crippen LogP contribution in [0.2, 0.25) is 5.02 Å². The highest BCUT2D eigenvalue weighted by Crippen LogP contribution is 2.47. The van der Waals surface area contributed by atoms with E-state index in [4.69, 9.17) is 21.6 Å². The van der Waals surface area contributed by atoms with Crippen LogP contribution in [0.25, 0.3) is 10.8 Å². The zero-order valence-electron chi connectivity index (χ0n) is 20.9. The van der Waals surface area contributed by atoms with Crippen molar-refractivity contribution in [2.45, 2.75) is 50.5 Å². The first-order chi connectivity index (χ1) is 18.1. The Hall–Kier alpha value is -3.44. The van der Waals surface area contributed by atoms with Crippen molar-refractivity contribution in [1.82, 2.24) is 15.3 Å². The van der Waals surface area contributed by atoms with E-state index >= 15 is 0 Å². The Kier molecular flexibility index (Phi) is 6.56. The van der Waals surface area contributed by atoms with Gasteiger partial charge in [-0.15, -0.1) is 0 Å². The second kappa shape index (κ2) is 10.1. The van der Waals surface area contributed by atoms with Crippen molar-refractivity contribution < 1.29 is 4.79 Å². The van der Waals surface area contributed by atoms with Crippen LogP contribution in [-0.4, -0.2) is 29.0 Å². The number of amides is 1. The molecule has 1 aliphatic heterocycles. The van der Waals surface area contributed by atoms with Gasteiger partial charge in [-0.3, -0.25) is 4.79 Å². The molecule has 1 aromatic heterocycles. The molecular formula is C31H31ClN4O. The molecule has 4 aromatic rings. The Morgan fingerprint density at radius 1 is 0.919 bits per heavy atom. The minimum atomic E-state index is -0.325. The van der Waals surface area contributed by atoms with Crippen molar-refractivity contribution in [3.05, 3.63) is 100 Å². The van der Waals surface area contributed by atoms with E-state index in [0.717, 1.165) is 74.2 Å². The number of aromatic nitrogens is 2. The molecule has 3 aromatic carbocycles. The van der Waals surface area contributed by atoms with Gasteiger partial charge in [0, 0.05) is 36.3 Å². The lowest BCUT2D eigenvalue weighted by atomic mass is 9.74. The molecule has 1 N–H and O–H groups in total.